The number of likely N-dealkylation sites (N-methyl/N-ethyl adjacent to an activating group) is 1. The Labute approximate surface area is 199 Å². The quantitative estimate of drug-likeness (QED) is 0.391. The van der Waals surface area contributed by atoms with Crippen LogP contribution in [-0.4, -0.2) is 64.4 Å². The normalized spacial score (nSPS) is 16.1. The van der Waals surface area contributed by atoms with Crippen LogP contribution in [0.5, 0.6) is 5.75 Å². The Hall–Kier alpha value is -2.97. The number of hydrogen-bond donors (Lipinski definition) is 1. The predicted octanol–water partition coefficient (Wildman–Crippen LogP) is 4.24. The van der Waals surface area contributed by atoms with Gasteiger partial charge in [-0.2, -0.15) is 0 Å². The molecule has 1 aliphatic heterocycles. The van der Waals surface area contributed by atoms with Gasteiger partial charge in [0.15, 0.2) is 5.76 Å². The first-order chi connectivity index (χ1) is 15.8. The molecule has 1 N–H and O–H groups in total. The van der Waals surface area contributed by atoms with E-state index in [1.165, 1.54) is 11.3 Å². The number of aliphatic hydroxyl groups excluding tert-OH is 1. The number of thiazole rings is 1. The number of nitrogens with zero attached hydrogens (tertiary/aromatic N) is 3. The maximum atomic E-state index is 13.6. The van der Waals surface area contributed by atoms with Gasteiger partial charge in [-0.15, -0.1) is 11.3 Å². The summed E-state index contributed by atoms with van der Waals surface area (Å²) in [5.74, 6) is -0.789. The van der Waals surface area contributed by atoms with E-state index < -0.39 is 17.7 Å². The molecule has 1 amide bonds. The fourth-order valence-corrected chi connectivity index (χ4v) is 4.92. The lowest BCUT2D eigenvalue weighted by molar-refractivity contribution is -0.129. The first kappa shape index (κ1) is 24.7. The van der Waals surface area contributed by atoms with E-state index in [1.54, 1.807) is 17.9 Å². The van der Waals surface area contributed by atoms with E-state index in [1.807, 2.05) is 31.2 Å². The van der Waals surface area contributed by atoms with Gasteiger partial charge in [0.25, 0.3) is 5.91 Å². The summed E-state index contributed by atoms with van der Waals surface area (Å²) in [6.45, 7) is 14.4. The second kappa shape index (κ2) is 10.8. The van der Waals surface area contributed by atoms with Crippen LogP contribution in [-0.2, 0) is 4.79 Å². The minimum Gasteiger partial charge on any atom is -0.503 e. The van der Waals surface area contributed by atoms with Crippen molar-refractivity contribution in [2.45, 2.75) is 33.7 Å². The predicted molar refractivity (Wildman–Crippen MR) is 130 cm³/mol. The standard InChI is InChI=1S/C25H31N3O4S/c1-6-14-32-19-11-9-10-18(15-19)21-20(22(29)24-16(4)26-17(5)33-24)23(30)25(31)28(21)13-12-27(7-2)8-3/h6,9-11,15,21,30H,1,7-8,12-14H2,2-5H3. The van der Waals surface area contributed by atoms with Gasteiger partial charge < -0.3 is 19.6 Å². The number of rotatable bonds is 11. The molecule has 0 fully saturated rings. The van der Waals surface area contributed by atoms with E-state index in [9.17, 15) is 14.7 Å². The molecule has 2 aromatic rings. The summed E-state index contributed by atoms with van der Waals surface area (Å²) in [6.07, 6.45) is 1.65. The maximum absolute atomic E-state index is 13.6. The molecule has 1 aromatic carbocycles. The molecule has 0 saturated carbocycles. The van der Waals surface area contributed by atoms with Crippen LogP contribution < -0.4 is 4.74 Å². The van der Waals surface area contributed by atoms with Crippen LogP contribution in [0, 0.1) is 13.8 Å². The first-order valence-corrected chi connectivity index (χ1v) is 11.9. The smallest absolute Gasteiger partial charge is 0.290 e. The van der Waals surface area contributed by atoms with Crippen molar-refractivity contribution in [3.63, 3.8) is 0 Å². The molecular weight excluding hydrogens is 438 g/mol. The second-order valence-electron chi connectivity index (χ2n) is 7.84. The van der Waals surface area contributed by atoms with Gasteiger partial charge in [-0.25, -0.2) is 4.98 Å². The average Bonchev–Trinajstić information content (AvgIpc) is 3.28. The zero-order valence-corrected chi connectivity index (χ0v) is 20.4. The number of aryl methyl sites for hydroxylation is 2. The highest BCUT2D eigenvalue weighted by Gasteiger charge is 2.44. The van der Waals surface area contributed by atoms with Crippen LogP contribution in [0.15, 0.2) is 48.3 Å². The lowest BCUT2D eigenvalue weighted by Gasteiger charge is -2.29. The molecule has 1 aromatic heterocycles. The summed E-state index contributed by atoms with van der Waals surface area (Å²) in [5.41, 5.74) is 1.39. The van der Waals surface area contributed by atoms with Crippen molar-refractivity contribution in [1.29, 1.82) is 0 Å². The summed E-state index contributed by atoms with van der Waals surface area (Å²) in [5, 5.41) is 11.6. The number of carbonyl (C=O) groups is 2. The lowest BCUT2D eigenvalue weighted by atomic mass is 9.95. The van der Waals surface area contributed by atoms with Crippen LogP contribution in [0.25, 0.3) is 0 Å². The number of amides is 1. The van der Waals surface area contributed by atoms with Crippen molar-refractivity contribution in [1.82, 2.24) is 14.8 Å². The molecule has 33 heavy (non-hydrogen) atoms. The van der Waals surface area contributed by atoms with Crippen molar-refractivity contribution in [3.05, 3.63) is 69.4 Å². The highest BCUT2D eigenvalue weighted by molar-refractivity contribution is 7.14. The molecule has 176 valence electrons. The molecule has 2 heterocycles. The van der Waals surface area contributed by atoms with E-state index in [0.717, 1.165) is 18.1 Å². The van der Waals surface area contributed by atoms with Crippen LogP contribution in [0.3, 0.4) is 0 Å². The zero-order chi connectivity index (χ0) is 24.1. The number of ketones is 1. The third-order valence-electron chi connectivity index (χ3n) is 5.75. The number of Topliss-reactive ketones (excluding diaryl/α,β-unsaturated/α-hetero) is 1. The third kappa shape index (κ3) is 5.17. The number of hydrogen-bond acceptors (Lipinski definition) is 7. The Morgan fingerprint density at radius 2 is 2.06 bits per heavy atom. The second-order valence-corrected chi connectivity index (χ2v) is 9.04. The summed E-state index contributed by atoms with van der Waals surface area (Å²) >= 11 is 1.27. The Bertz CT molecular complexity index is 1070. The van der Waals surface area contributed by atoms with Crippen molar-refractivity contribution in [2.24, 2.45) is 0 Å². The van der Waals surface area contributed by atoms with E-state index >= 15 is 0 Å². The van der Waals surface area contributed by atoms with Gasteiger partial charge in [-0.05, 0) is 44.6 Å². The van der Waals surface area contributed by atoms with Crippen LogP contribution in [0.1, 0.15) is 45.8 Å². The third-order valence-corrected chi connectivity index (χ3v) is 6.82. The molecule has 1 atom stereocenters. The largest absolute Gasteiger partial charge is 0.503 e. The van der Waals surface area contributed by atoms with E-state index in [-0.39, 0.29) is 11.4 Å². The van der Waals surface area contributed by atoms with Crippen LogP contribution >= 0.6 is 11.3 Å². The van der Waals surface area contributed by atoms with Crippen molar-refractivity contribution < 1.29 is 19.4 Å². The van der Waals surface area contributed by atoms with Crippen molar-refractivity contribution >= 4 is 23.0 Å². The van der Waals surface area contributed by atoms with Gasteiger partial charge in [0.2, 0.25) is 5.78 Å². The highest BCUT2D eigenvalue weighted by atomic mass is 32.1. The van der Waals surface area contributed by atoms with Crippen LogP contribution in [0.4, 0.5) is 0 Å². The summed E-state index contributed by atoms with van der Waals surface area (Å²) in [4.78, 5) is 35.3. The molecule has 7 nitrogen and oxygen atoms in total. The summed E-state index contributed by atoms with van der Waals surface area (Å²) in [7, 11) is 0. The summed E-state index contributed by atoms with van der Waals surface area (Å²) < 4.78 is 5.68. The topological polar surface area (TPSA) is 83.0 Å². The average molecular weight is 470 g/mol. The zero-order valence-electron chi connectivity index (χ0n) is 19.6. The molecule has 3 rings (SSSR count). The van der Waals surface area contributed by atoms with Gasteiger partial charge in [0, 0.05) is 13.1 Å². The molecule has 0 saturated heterocycles. The molecule has 0 bridgehead atoms. The molecule has 0 aliphatic carbocycles. The summed E-state index contributed by atoms with van der Waals surface area (Å²) in [6, 6.07) is 6.57. The Morgan fingerprint density at radius 1 is 1.33 bits per heavy atom. The van der Waals surface area contributed by atoms with Crippen molar-refractivity contribution in [2.75, 3.05) is 32.8 Å². The number of aliphatic hydroxyl groups is 1. The number of carbonyl (C=O) groups excluding carboxylic acids is 2. The highest BCUT2D eigenvalue weighted by Crippen LogP contribution is 2.40. The van der Waals surface area contributed by atoms with E-state index in [2.05, 4.69) is 30.3 Å². The van der Waals surface area contributed by atoms with E-state index in [4.69, 9.17) is 4.74 Å². The monoisotopic (exact) mass is 469 g/mol. The first-order valence-electron chi connectivity index (χ1n) is 11.1. The van der Waals surface area contributed by atoms with Gasteiger partial charge in [-0.3, -0.25) is 9.59 Å². The van der Waals surface area contributed by atoms with Gasteiger partial charge in [-0.1, -0.05) is 38.6 Å². The Kier molecular flexibility index (Phi) is 8.05. The molecule has 0 spiro atoms. The fraction of sp³-hybridized carbons (Fsp3) is 0.400. The Balaban J connectivity index is 2.05. The van der Waals surface area contributed by atoms with E-state index in [0.29, 0.717) is 41.6 Å². The lowest BCUT2D eigenvalue weighted by Crippen LogP contribution is -2.38. The maximum Gasteiger partial charge on any atom is 0.290 e. The van der Waals surface area contributed by atoms with Gasteiger partial charge in [0.05, 0.1) is 27.2 Å². The number of benzene rings is 1. The SMILES string of the molecule is C=CCOc1cccc(C2C(C(=O)c3sc(C)nc3C)=C(O)C(=O)N2CCN(CC)CC)c1. The van der Waals surface area contributed by atoms with Gasteiger partial charge in [0.1, 0.15) is 12.4 Å². The van der Waals surface area contributed by atoms with Crippen molar-refractivity contribution in [3.8, 4) is 5.75 Å². The Morgan fingerprint density at radius 3 is 2.67 bits per heavy atom. The minimum absolute atomic E-state index is 0.0900. The molecule has 1 aliphatic rings. The number of aromatic nitrogens is 1. The molecular formula is C25H31N3O4S. The van der Waals surface area contributed by atoms with Crippen LogP contribution in [0.2, 0.25) is 0 Å². The molecule has 8 heteroatoms. The minimum atomic E-state index is -0.713. The molecule has 1 unspecified atom stereocenters. The molecule has 0 radical (unpaired) electrons. The number of ether oxygens (including phenoxy) is 1. The fourth-order valence-electron chi connectivity index (χ4n) is 4.05. The van der Waals surface area contributed by atoms with Gasteiger partial charge >= 0.3 is 0 Å².